The van der Waals surface area contributed by atoms with Gasteiger partial charge in [0.2, 0.25) is 0 Å². The number of benzene rings is 2. The average molecular weight is 351 g/mol. The highest BCUT2D eigenvalue weighted by Gasteiger charge is 2.17. The fraction of sp³-hybridized carbons (Fsp3) is 0.300. The molecule has 0 N–H and O–H groups in total. The minimum absolute atomic E-state index is 0.0258. The molecule has 0 saturated heterocycles. The summed E-state index contributed by atoms with van der Waals surface area (Å²) in [7, 11) is 1.62. The summed E-state index contributed by atoms with van der Waals surface area (Å²) in [6, 6.07) is 12.9. The fourth-order valence-electron chi connectivity index (χ4n) is 3.04. The molecule has 0 spiro atoms. The largest absolute Gasteiger partial charge is 0.496 e. The Morgan fingerprint density at radius 3 is 2.77 bits per heavy atom. The van der Waals surface area contributed by atoms with Gasteiger partial charge in [-0.3, -0.25) is 9.59 Å². The number of carbonyl (C=O) groups is 1. The number of aryl methyl sites for hydroxylation is 1. The van der Waals surface area contributed by atoms with Crippen LogP contribution in [0.25, 0.3) is 10.9 Å². The lowest BCUT2D eigenvalue weighted by molar-refractivity contribution is -0.120. The summed E-state index contributed by atoms with van der Waals surface area (Å²) in [5, 5.41) is 8.35. The predicted octanol–water partition coefficient (Wildman–Crippen LogP) is 2.87. The van der Waals surface area contributed by atoms with Gasteiger partial charge in [0.1, 0.15) is 17.8 Å². The zero-order valence-corrected chi connectivity index (χ0v) is 15.1. The Labute approximate surface area is 151 Å². The van der Waals surface area contributed by atoms with Crippen LogP contribution in [0.4, 0.5) is 0 Å². The molecule has 134 valence electrons. The van der Waals surface area contributed by atoms with Crippen molar-refractivity contribution in [2.24, 2.45) is 0 Å². The number of ketones is 1. The molecule has 3 aromatic rings. The molecule has 0 unspecified atom stereocenters. The normalized spacial score (nSPS) is 12.1. The van der Waals surface area contributed by atoms with E-state index in [9.17, 15) is 9.59 Å². The first kappa shape index (κ1) is 17.8. The van der Waals surface area contributed by atoms with Crippen molar-refractivity contribution < 1.29 is 9.53 Å². The van der Waals surface area contributed by atoms with Crippen molar-refractivity contribution in [3.05, 3.63) is 63.9 Å². The molecule has 0 bridgehead atoms. The number of hydrogen-bond acceptors (Lipinski definition) is 5. The molecule has 0 aliphatic heterocycles. The zero-order valence-electron chi connectivity index (χ0n) is 15.1. The summed E-state index contributed by atoms with van der Waals surface area (Å²) in [4.78, 5) is 24.9. The van der Waals surface area contributed by atoms with Crippen LogP contribution in [0.1, 0.15) is 30.4 Å². The van der Waals surface area contributed by atoms with Gasteiger partial charge in [0.15, 0.2) is 5.78 Å². The van der Waals surface area contributed by atoms with Crippen molar-refractivity contribution in [1.82, 2.24) is 15.0 Å². The topological polar surface area (TPSA) is 74.1 Å². The van der Waals surface area contributed by atoms with Crippen LogP contribution >= 0.6 is 0 Å². The van der Waals surface area contributed by atoms with E-state index in [1.807, 2.05) is 32.0 Å². The van der Waals surface area contributed by atoms with Crippen molar-refractivity contribution in [3.63, 3.8) is 0 Å². The second kappa shape index (κ2) is 7.47. The number of aromatic nitrogens is 3. The SMILES string of the molecule is COc1cc(C)ccc1[C@H](C)CC(=O)Cn1nnc2ccccc2c1=O. The molecule has 6 nitrogen and oxygen atoms in total. The van der Waals surface area contributed by atoms with Crippen molar-refractivity contribution in [3.8, 4) is 5.75 Å². The van der Waals surface area contributed by atoms with Gasteiger partial charge in [0, 0.05) is 6.42 Å². The maximum atomic E-state index is 12.5. The standard InChI is InChI=1S/C20H21N3O3/c1-13-8-9-16(19(10-13)26-3)14(2)11-15(24)12-23-20(25)17-6-4-5-7-18(17)21-22-23/h4-10,14H,11-12H2,1-3H3/t14-/m1/s1. The Hall–Kier alpha value is -3.02. The van der Waals surface area contributed by atoms with Crippen molar-refractivity contribution in [2.75, 3.05) is 7.11 Å². The van der Waals surface area contributed by atoms with Crippen LogP contribution in [-0.4, -0.2) is 27.9 Å². The van der Waals surface area contributed by atoms with Crippen LogP contribution < -0.4 is 10.3 Å². The number of fused-ring (bicyclic) bond motifs is 1. The summed E-state index contributed by atoms with van der Waals surface area (Å²) in [6.45, 7) is 3.88. The molecule has 6 heteroatoms. The average Bonchev–Trinajstić information content (AvgIpc) is 2.64. The van der Waals surface area contributed by atoms with Crippen molar-refractivity contribution >= 4 is 16.7 Å². The van der Waals surface area contributed by atoms with Gasteiger partial charge in [0.25, 0.3) is 5.56 Å². The summed E-state index contributed by atoms with van der Waals surface area (Å²) in [6.07, 6.45) is 0.292. The molecule has 3 rings (SSSR count). The number of methoxy groups -OCH3 is 1. The Morgan fingerprint density at radius 2 is 2.00 bits per heavy atom. The quantitative estimate of drug-likeness (QED) is 0.683. The van der Waals surface area contributed by atoms with E-state index in [2.05, 4.69) is 10.3 Å². The fourth-order valence-corrected chi connectivity index (χ4v) is 3.04. The molecule has 0 aliphatic carbocycles. The van der Waals surface area contributed by atoms with Crippen molar-refractivity contribution in [1.29, 1.82) is 0 Å². The van der Waals surface area contributed by atoms with Crippen LogP contribution in [0.15, 0.2) is 47.3 Å². The third-order valence-electron chi connectivity index (χ3n) is 4.41. The van der Waals surface area contributed by atoms with Gasteiger partial charge in [0.05, 0.1) is 12.5 Å². The second-order valence-electron chi connectivity index (χ2n) is 6.46. The van der Waals surface area contributed by atoms with Crippen LogP contribution in [0, 0.1) is 6.92 Å². The van der Waals surface area contributed by atoms with Gasteiger partial charge in [-0.25, -0.2) is 4.68 Å². The highest BCUT2D eigenvalue weighted by atomic mass is 16.5. The molecule has 0 fully saturated rings. The lowest BCUT2D eigenvalue weighted by Gasteiger charge is -2.16. The van der Waals surface area contributed by atoms with Crippen LogP contribution in [0.5, 0.6) is 5.75 Å². The number of Topliss-reactive ketones (excluding diaryl/α,β-unsaturated/α-hetero) is 1. The summed E-state index contributed by atoms with van der Waals surface area (Å²) in [5.74, 6) is 0.668. The smallest absolute Gasteiger partial charge is 0.278 e. The van der Waals surface area contributed by atoms with Gasteiger partial charge in [-0.2, -0.15) is 0 Å². The lowest BCUT2D eigenvalue weighted by Crippen LogP contribution is -2.28. The van der Waals surface area contributed by atoms with Gasteiger partial charge in [-0.1, -0.05) is 36.4 Å². The molecule has 1 atom stereocenters. The molecular formula is C20H21N3O3. The van der Waals surface area contributed by atoms with E-state index in [-0.39, 0.29) is 23.8 Å². The Bertz CT molecular complexity index is 1010. The van der Waals surface area contributed by atoms with Crippen LogP contribution in [0.3, 0.4) is 0 Å². The van der Waals surface area contributed by atoms with Crippen molar-refractivity contribution in [2.45, 2.75) is 32.7 Å². The molecule has 26 heavy (non-hydrogen) atoms. The molecule has 0 radical (unpaired) electrons. The van der Waals surface area contributed by atoms with E-state index in [0.717, 1.165) is 21.6 Å². The molecule has 0 aliphatic rings. The van der Waals surface area contributed by atoms with E-state index in [1.54, 1.807) is 31.4 Å². The Morgan fingerprint density at radius 1 is 1.23 bits per heavy atom. The Balaban J connectivity index is 1.77. The van der Waals surface area contributed by atoms with E-state index >= 15 is 0 Å². The van der Waals surface area contributed by atoms with E-state index in [4.69, 9.17) is 4.74 Å². The lowest BCUT2D eigenvalue weighted by atomic mass is 9.94. The molecule has 1 aromatic heterocycles. The molecule has 0 amide bonds. The Kier molecular flexibility index (Phi) is 5.11. The monoisotopic (exact) mass is 351 g/mol. The molecule has 0 saturated carbocycles. The predicted molar refractivity (Wildman–Crippen MR) is 99.6 cm³/mol. The first-order valence-corrected chi connectivity index (χ1v) is 8.48. The van der Waals surface area contributed by atoms with Gasteiger partial charge < -0.3 is 4.74 Å². The number of carbonyl (C=O) groups excluding carboxylic acids is 1. The number of ether oxygens (including phenoxy) is 1. The third kappa shape index (κ3) is 3.64. The first-order chi connectivity index (χ1) is 12.5. The molecule has 2 aromatic carbocycles. The maximum absolute atomic E-state index is 12.5. The van der Waals surface area contributed by atoms with E-state index in [0.29, 0.717) is 17.3 Å². The molecule has 1 heterocycles. The highest BCUT2D eigenvalue weighted by molar-refractivity contribution is 5.80. The van der Waals surface area contributed by atoms with E-state index in [1.165, 1.54) is 0 Å². The minimum Gasteiger partial charge on any atom is -0.496 e. The molecular weight excluding hydrogens is 330 g/mol. The second-order valence-corrected chi connectivity index (χ2v) is 6.46. The highest BCUT2D eigenvalue weighted by Crippen LogP contribution is 2.29. The van der Waals surface area contributed by atoms with E-state index < -0.39 is 0 Å². The number of hydrogen-bond donors (Lipinski definition) is 0. The summed E-state index contributed by atoms with van der Waals surface area (Å²) >= 11 is 0. The van der Waals surface area contributed by atoms with Gasteiger partial charge in [-0.05, 0) is 42.2 Å². The zero-order chi connectivity index (χ0) is 18.7. The number of rotatable bonds is 6. The first-order valence-electron chi connectivity index (χ1n) is 8.48. The van der Waals surface area contributed by atoms with Gasteiger partial charge in [-0.15, -0.1) is 5.10 Å². The third-order valence-corrected chi connectivity index (χ3v) is 4.41. The van der Waals surface area contributed by atoms with Crippen LogP contribution in [0.2, 0.25) is 0 Å². The maximum Gasteiger partial charge on any atom is 0.278 e. The summed E-state index contributed by atoms with van der Waals surface area (Å²) in [5.41, 5.74) is 2.30. The van der Waals surface area contributed by atoms with Gasteiger partial charge >= 0.3 is 0 Å². The summed E-state index contributed by atoms with van der Waals surface area (Å²) < 4.78 is 6.55. The number of nitrogens with zero attached hydrogens (tertiary/aromatic N) is 3. The minimum atomic E-state index is -0.301. The van der Waals surface area contributed by atoms with Crippen LogP contribution in [-0.2, 0) is 11.3 Å².